The molecule has 0 N–H and O–H groups in total. The smallest absolute Gasteiger partial charge is 0.265 e. The van der Waals surface area contributed by atoms with Crippen molar-refractivity contribution in [1.82, 2.24) is 0 Å². The maximum absolute atomic E-state index is 5.31. The standard InChI is InChI=1S/C10H12NOS/c1-7-11(2)10-8(12-3)5-4-6-9(10)13-7/h4-6H,1-3H3/q+1. The van der Waals surface area contributed by atoms with Crippen molar-refractivity contribution in [2.24, 2.45) is 7.05 Å². The lowest BCUT2D eigenvalue weighted by molar-refractivity contribution is -0.646. The maximum atomic E-state index is 5.31. The molecule has 0 aliphatic heterocycles. The van der Waals surface area contributed by atoms with Crippen LogP contribution in [0.4, 0.5) is 0 Å². The van der Waals surface area contributed by atoms with Gasteiger partial charge in [-0.2, -0.15) is 4.57 Å². The molecular weight excluding hydrogens is 182 g/mol. The van der Waals surface area contributed by atoms with Gasteiger partial charge < -0.3 is 4.74 Å². The summed E-state index contributed by atoms with van der Waals surface area (Å²) in [6.07, 6.45) is 0. The van der Waals surface area contributed by atoms with Crippen LogP contribution < -0.4 is 9.30 Å². The van der Waals surface area contributed by atoms with Gasteiger partial charge in [0.15, 0.2) is 5.75 Å². The van der Waals surface area contributed by atoms with Crippen LogP contribution in [0.15, 0.2) is 18.2 Å². The lowest BCUT2D eigenvalue weighted by Gasteiger charge is -1.96. The van der Waals surface area contributed by atoms with E-state index in [2.05, 4.69) is 24.6 Å². The Kier molecular flexibility index (Phi) is 1.96. The molecule has 0 atom stereocenters. The van der Waals surface area contributed by atoms with Crippen LogP contribution in [0.1, 0.15) is 5.01 Å². The fourth-order valence-corrected chi connectivity index (χ4v) is 2.49. The van der Waals surface area contributed by atoms with Crippen molar-refractivity contribution in [1.29, 1.82) is 0 Å². The van der Waals surface area contributed by atoms with E-state index in [1.54, 1.807) is 18.4 Å². The summed E-state index contributed by atoms with van der Waals surface area (Å²) in [5.41, 5.74) is 1.19. The van der Waals surface area contributed by atoms with Crippen LogP contribution >= 0.6 is 11.3 Å². The van der Waals surface area contributed by atoms with Gasteiger partial charge in [0.25, 0.3) is 5.52 Å². The third-order valence-corrected chi connectivity index (χ3v) is 3.37. The second-order valence-corrected chi connectivity index (χ2v) is 4.22. The van der Waals surface area contributed by atoms with E-state index in [0.717, 1.165) is 5.75 Å². The van der Waals surface area contributed by atoms with Gasteiger partial charge in [0.1, 0.15) is 11.7 Å². The van der Waals surface area contributed by atoms with Crippen molar-refractivity contribution >= 4 is 21.6 Å². The predicted octanol–water partition coefficient (Wildman–Crippen LogP) is 2.04. The number of aromatic nitrogens is 1. The molecule has 0 radical (unpaired) electrons. The summed E-state index contributed by atoms with van der Waals surface area (Å²) >= 11 is 1.79. The van der Waals surface area contributed by atoms with Gasteiger partial charge in [-0.25, -0.2) is 0 Å². The monoisotopic (exact) mass is 194 g/mol. The highest BCUT2D eigenvalue weighted by atomic mass is 32.1. The molecule has 1 aromatic carbocycles. The van der Waals surface area contributed by atoms with Gasteiger partial charge in [0.05, 0.1) is 7.11 Å². The summed E-state index contributed by atoms with van der Waals surface area (Å²) in [5.74, 6) is 0.948. The van der Waals surface area contributed by atoms with E-state index in [-0.39, 0.29) is 0 Å². The number of hydrogen-bond acceptors (Lipinski definition) is 2. The summed E-state index contributed by atoms with van der Waals surface area (Å²) in [4.78, 5) is 0. The number of benzene rings is 1. The number of thiazole rings is 1. The molecule has 0 amide bonds. The molecule has 2 aromatic rings. The first kappa shape index (κ1) is 8.51. The van der Waals surface area contributed by atoms with Gasteiger partial charge in [-0.05, 0) is 12.1 Å². The molecule has 1 heterocycles. The maximum Gasteiger partial charge on any atom is 0.265 e. The Balaban J connectivity index is 2.87. The van der Waals surface area contributed by atoms with E-state index >= 15 is 0 Å². The molecule has 1 aromatic heterocycles. The van der Waals surface area contributed by atoms with Crippen LogP contribution in [-0.4, -0.2) is 7.11 Å². The van der Waals surface area contributed by atoms with Crippen molar-refractivity contribution < 1.29 is 9.30 Å². The number of fused-ring (bicyclic) bond motifs is 1. The van der Waals surface area contributed by atoms with Gasteiger partial charge in [0.2, 0.25) is 5.01 Å². The van der Waals surface area contributed by atoms with E-state index in [4.69, 9.17) is 4.74 Å². The topological polar surface area (TPSA) is 13.1 Å². The van der Waals surface area contributed by atoms with Gasteiger partial charge in [-0.1, -0.05) is 17.4 Å². The molecule has 0 aliphatic carbocycles. The fourth-order valence-electron chi connectivity index (χ4n) is 1.46. The molecule has 0 bridgehead atoms. The lowest BCUT2D eigenvalue weighted by Crippen LogP contribution is -2.29. The minimum Gasteiger partial charge on any atom is -0.490 e. The van der Waals surface area contributed by atoms with Gasteiger partial charge in [-0.3, -0.25) is 0 Å². The van der Waals surface area contributed by atoms with Crippen LogP contribution in [0.2, 0.25) is 0 Å². The van der Waals surface area contributed by atoms with E-state index in [0.29, 0.717) is 0 Å². The first-order chi connectivity index (χ1) is 6.24. The summed E-state index contributed by atoms with van der Waals surface area (Å²) in [7, 11) is 3.78. The third-order valence-electron chi connectivity index (χ3n) is 2.25. The fraction of sp³-hybridized carbons (Fsp3) is 0.300. The van der Waals surface area contributed by atoms with E-state index in [9.17, 15) is 0 Å². The molecule has 0 saturated carbocycles. The first-order valence-corrected chi connectivity index (χ1v) is 4.98. The summed E-state index contributed by atoms with van der Waals surface area (Å²) in [5, 5.41) is 1.29. The van der Waals surface area contributed by atoms with Crippen molar-refractivity contribution in [2.75, 3.05) is 7.11 Å². The quantitative estimate of drug-likeness (QED) is 0.633. The van der Waals surface area contributed by atoms with Gasteiger partial charge in [0, 0.05) is 6.92 Å². The molecule has 2 rings (SSSR count). The summed E-state index contributed by atoms with van der Waals surface area (Å²) in [6.45, 7) is 2.12. The zero-order chi connectivity index (χ0) is 9.42. The Hall–Kier alpha value is -1.09. The Bertz CT molecular complexity index is 447. The first-order valence-electron chi connectivity index (χ1n) is 4.16. The van der Waals surface area contributed by atoms with Gasteiger partial charge >= 0.3 is 0 Å². The van der Waals surface area contributed by atoms with Crippen LogP contribution in [0, 0.1) is 6.92 Å². The predicted molar refractivity (Wildman–Crippen MR) is 54.3 cm³/mol. The average Bonchev–Trinajstić information content (AvgIpc) is 2.43. The van der Waals surface area contributed by atoms with E-state index < -0.39 is 0 Å². The Labute approximate surface area is 81.4 Å². The number of aryl methyl sites for hydroxylation is 2. The van der Waals surface area contributed by atoms with E-state index in [1.807, 2.05) is 12.1 Å². The SMILES string of the molecule is COc1cccc2sc(C)[n+](C)c12. The Morgan fingerprint density at radius 2 is 2.15 bits per heavy atom. The van der Waals surface area contributed by atoms with Crippen LogP contribution in [-0.2, 0) is 7.05 Å². The normalized spacial score (nSPS) is 10.7. The van der Waals surface area contributed by atoms with Crippen LogP contribution in [0.3, 0.4) is 0 Å². The van der Waals surface area contributed by atoms with E-state index in [1.165, 1.54) is 15.2 Å². The lowest BCUT2D eigenvalue weighted by atomic mass is 10.3. The molecule has 68 valence electrons. The van der Waals surface area contributed by atoms with Crippen molar-refractivity contribution in [3.63, 3.8) is 0 Å². The minimum atomic E-state index is 0.948. The largest absolute Gasteiger partial charge is 0.490 e. The molecule has 0 saturated heterocycles. The second-order valence-electron chi connectivity index (χ2n) is 2.99. The molecule has 0 aliphatic rings. The molecule has 2 nitrogen and oxygen atoms in total. The van der Waals surface area contributed by atoms with Crippen molar-refractivity contribution in [3.05, 3.63) is 23.2 Å². The average molecular weight is 194 g/mol. The number of ether oxygens (including phenoxy) is 1. The zero-order valence-corrected chi connectivity index (χ0v) is 8.81. The minimum absolute atomic E-state index is 0.948. The highest BCUT2D eigenvalue weighted by Gasteiger charge is 2.16. The molecule has 0 fully saturated rings. The number of rotatable bonds is 1. The Morgan fingerprint density at radius 3 is 2.85 bits per heavy atom. The molecule has 0 spiro atoms. The van der Waals surface area contributed by atoms with Crippen LogP contribution in [0.5, 0.6) is 5.75 Å². The summed E-state index contributed by atoms with van der Waals surface area (Å²) < 4.78 is 8.75. The highest BCUT2D eigenvalue weighted by molar-refractivity contribution is 7.18. The van der Waals surface area contributed by atoms with Crippen molar-refractivity contribution in [2.45, 2.75) is 6.92 Å². The van der Waals surface area contributed by atoms with Crippen LogP contribution in [0.25, 0.3) is 10.2 Å². The number of nitrogens with zero attached hydrogens (tertiary/aromatic N) is 1. The summed E-state index contributed by atoms with van der Waals surface area (Å²) in [6, 6.07) is 6.14. The number of para-hydroxylation sites is 1. The number of methoxy groups -OCH3 is 1. The molecule has 3 heteroatoms. The number of hydrogen-bond donors (Lipinski definition) is 0. The highest BCUT2D eigenvalue weighted by Crippen LogP contribution is 2.27. The Morgan fingerprint density at radius 1 is 1.38 bits per heavy atom. The molecule has 0 unspecified atom stereocenters. The molecule has 13 heavy (non-hydrogen) atoms. The van der Waals surface area contributed by atoms with Gasteiger partial charge in [-0.15, -0.1) is 0 Å². The third kappa shape index (κ3) is 1.20. The second kappa shape index (κ2) is 3.00. The van der Waals surface area contributed by atoms with Crippen molar-refractivity contribution in [3.8, 4) is 5.75 Å². The molecular formula is C10H12NOS+. The zero-order valence-electron chi connectivity index (χ0n) is 8.00.